The van der Waals surface area contributed by atoms with E-state index in [1.807, 2.05) is 0 Å². The SMILES string of the molecule is COC1COC(OC2COC(OC3COC(OC4COC(OC5COC(C)C(OC(C)=O)C5O)C(O)C4OC(C)=O)C(O)C3O)C(OC3OC(C(=O)O)C(OC)C(O)C3O)C2O)C(O)C1OC(C)=O. The van der Waals surface area contributed by atoms with Crippen LogP contribution in [0.4, 0.5) is 0 Å². The molecule has 6 aliphatic rings. The molecule has 0 saturated carbocycles. The van der Waals surface area contributed by atoms with Crippen molar-refractivity contribution in [1.29, 1.82) is 0 Å². The van der Waals surface area contributed by atoms with Crippen molar-refractivity contribution < 1.29 is 141 Å². The highest BCUT2D eigenvalue weighted by Gasteiger charge is 2.55. The summed E-state index contributed by atoms with van der Waals surface area (Å²) in [4.78, 5) is 47.7. The molecular weight excluding hydrogens is 944 g/mol. The Morgan fingerprint density at radius 2 is 0.812 bits per heavy atom. The van der Waals surface area contributed by atoms with Gasteiger partial charge < -0.3 is 122 Å². The van der Waals surface area contributed by atoms with Crippen molar-refractivity contribution in [3.8, 4) is 0 Å². The second kappa shape index (κ2) is 24.2. The number of carboxylic acids is 1. The summed E-state index contributed by atoms with van der Waals surface area (Å²) in [5, 5.41) is 99.2. The van der Waals surface area contributed by atoms with Crippen LogP contribution in [0, 0.1) is 0 Å². The molecule has 0 bridgehead atoms. The fourth-order valence-corrected chi connectivity index (χ4v) is 8.55. The van der Waals surface area contributed by atoms with Crippen LogP contribution in [0.1, 0.15) is 27.7 Å². The van der Waals surface area contributed by atoms with Gasteiger partial charge in [-0.3, -0.25) is 14.4 Å². The molecule has 0 aromatic rings. The minimum atomic E-state index is -2.03. The molecule has 0 aromatic heterocycles. The van der Waals surface area contributed by atoms with Crippen LogP contribution in [0.15, 0.2) is 0 Å². The van der Waals surface area contributed by atoms with Gasteiger partial charge in [0.2, 0.25) is 0 Å². The summed E-state index contributed by atoms with van der Waals surface area (Å²) in [5.74, 6) is -3.94. The quantitative estimate of drug-likeness (QED) is 0.0513. The monoisotopic (exact) mass is 1010 g/mol. The smallest absolute Gasteiger partial charge is 0.335 e. The van der Waals surface area contributed by atoms with Gasteiger partial charge in [0, 0.05) is 35.0 Å². The van der Waals surface area contributed by atoms with Crippen molar-refractivity contribution in [2.75, 3.05) is 47.3 Å². The number of aliphatic carboxylic acids is 1. The molecule has 25 unspecified atom stereocenters. The molecule has 396 valence electrons. The van der Waals surface area contributed by atoms with Gasteiger partial charge in [-0.2, -0.15) is 0 Å². The van der Waals surface area contributed by atoms with Gasteiger partial charge in [0.05, 0.1) is 39.1 Å². The summed E-state index contributed by atoms with van der Waals surface area (Å²) in [5.41, 5.74) is 0. The van der Waals surface area contributed by atoms with Crippen molar-refractivity contribution in [2.45, 2.75) is 181 Å². The average molecular weight is 1010 g/mol. The number of rotatable bonds is 16. The van der Waals surface area contributed by atoms with Crippen molar-refractivity contribution in [3.63, 3.8) is 0 Å². The molecule has 29 heteroatoms. The first-order valence-electron chi connectivity index (χ1n) is 21.9. The Morgan fingerprint density at radius 1 is 0.406 bits per heavy atom. The molecule has 6 fully saturated rings. The fourth-order valence-electron chi connectivity index (χ4n) is 8.55. The number of carbonyl (C=O) groups excluding carboxylic acids is 3. The minimum Gasteiger partial charge on any atom is -0.479 e. The van der Waals surface area contributed by atoms with E-state index in [0.29, 0.717) is 0 Å². The highest BCUT2D eigenvalue weighted by Crippen LogP contribution is 2.34. The van der Waals surface area contributed by atoms with E-state index in [9.17, 15) is 65.1 Å². The van der Waals surface area contributed by atoms with Gasteiger partial charge in [0.15, 0.2) is 55.9 Å². The van der Waals surface area contributed by atoms with Crippen LogP contribution in [0.2, 0.25) is 0 Å². The third kappa shape index (κ3) is 12.8. The first-order chi connectivity index (χ1) is 32.6. The van der Waals surface area contributed by atoms with E-state index in [4.69, 9.17) is 75.8 Å². The first kappa shape index (κ1) is 55.4. The zero-order chi connectivity index (χ0) is 50.6. The zero-order valence-electron chi connectivity index (χ0n) is 38.2. The lowest BCUT2D eigenvalue weighted by atomic mass is 9.98. The number of aliphatic hydroxyl groups excluding tert-OH is 8. The normalized spacial score (nSPS) is 46.3. The summed E-state index contributed by atoms with van der Waals surface area (Å²) >= 11 is 0. The van der Waals surface area contributed by atoms with Crippen LogP contribution in [0.3, 0.4) is 0 Å². The Bertz CT molecular complexity index is 1710. The summed E-state index contributed by atoms with van der Waals surface area (Å²) in [6, 6.07) is 0. The molecule has 29 nitrogen and oxygen atoms in total. The summed E-state index contributed by atoms with van der Waals surface area (Å²) < 4.78 is 89.3. The summed E-state index contributed by atoms with van der Waals surface area (Å²) in [6.07, 6.45) is -39.9. The van der Waals surface area contributed by atoms with E-state index in [1.54, 1.807) is 6.92 Å². The Kier molecular flexibility index (Phi) is 19.4. The third-order valence-electron chi connectivity index (χ3n) is 12.2. The van der Waals surface area contributed by atoms with Crippen LogP contribution in [-0.2, 0) is 95.0 Å². The van der Waals surface area contributed by atoms with Crippen LogP contribution in [0.5, 0.6) is 0 Å². The molecule has 0 aliphatic carbocycles. The Balaban J connectivity index is 1.14. The second-order valence-corrected chi connectivity index (χ2v) is 17.0. The maximum absolute atomic E-state index is 12.2. The molecule has 0 amide bonds. The second-order valence-electron chi connectivity index (χ2n) is 17.0. The lowest BCUT2D eigenvalue weighted by molar-refractivity contribution is -0.383. The van der Waals surface area contributed by atoms with E-state index >= 15 is 0 Å². The van der Waals surface area contributed by atoms with Gasteiger partial charge in [-0.05, 0) is 6.92 Å². The van der Waals surface area contributed by atoms with Gasteiger partial charge in [0.25, 0.3) is 0 Å². The topological polar surface area (TPSA) is 398 Å². The molecule has 0 spiro atoms. The molecule has 0 radical (unpaired) electrons. The van der Waals surface area contributed by atoms with Gasteiger partial charge in [-0.15, -0.1) is 0 Å². The number of hydrogen-bond acceptors (Lipinski definition) is 28. The number of methoxy groups -OCH3 is 2. The number of ether oxygens (including phenoxy) is 16. The van der Waals surface area contributed by atoms with Gasteiger partial charge in [-0.25, -0.2) is 4.79 Å². The summed E-state index contributed by atoms with van der Waals surface area (Å²) in [7, 11) is 2.36. The van der Waals surface area contributed by atoms with Crippen LogP contribution in [0.25, 0.3) is 0 Å². The molecule has 6 aliphatic heterocycles. The van der Waals surface area contributed by atoms with Crippen molar-refractivity contribution in [2.24, 2.45) is 0 Å². The van der Waals surface area contributed by atoms with Crippen molar-refractivity contribution in [3.05, 3.63) is 0 Å². The Labute approximate surface area is 393 Å². The van der Waals surface area contributed by atoms with Crippen molar-refractivity contribution >= 4 is 23.9 Å². The summed E-state index contributed by atoms with van der Waals surface area (Å²) in [6.45, 7) is 2.75. The van der Waals surface area contributed by atoms with E-state index < -0.39 is 197 Å². The molecule has 6 heterocycles. The van der Waals surface area contributed by atoms with E-state index in [1.165, 1.54) is 7.11 Å². The van der Waals surface area contributed by atoms with E-state index in [2.05, 4.69) is 0 Å². The largest absolute Gasteiger partial charge is 0.479 e. The van der Waals surface area contributed by atoms with Crippen LogP contribution in [-0.4, -0.2) is 271 Å². The molecule has 9 N–H and O–H groups in total. The zero-order valence-corrected chi connectivity index (χ0v) is 38.2. The third-order valence-corrected chi connectivity index (χ3v) is 12.2. The molecular formula is C40H62O29. The van der Waals surface area contributed by atoms with E-state index in [0.717, 1.165) is 27.9 Å². The average Bonchev–Trinajstić information content (AvgIpc) is 3.29. The van der Waals surface area contributed by atoms with Gasteiger partial charge in [0.1, 0.15) is 91.6 Å². The lowest BCUT2D eigenvalue weighted by Gasteiger charge is -2.47. The maximum Gasteiger partial charge on any atom is 0.335 e. The van der Waals surface area contributed by atoms with Crippen molar-refractivity contribution in [1.82, 2.24) is 0 Å². The number of aliphatic hydroxyl groups is 8. The molecule has 6 rings (SSSR count). The predicted octanol–water partition coefficient (Wildman–Crippen LogP) is -6.72. The van der Waals surface area contributed by atoms with Crippen LogP contribution < -0.4 is 0 Å². The van der Waals surface area contributed by atoms with Crippen LogP contribution >= 0.6 is 0 Å². The first-order valence-corrected chi connectivity index (χ1v) is 21.9. The van der Waals surface area contributed by atoms with Gasteiger partial charge >= 0.3 is 23.9 Å². The lowest BCUT2D eigenvalue weighted by Crippen LogP contribution is -2.66. The fraction of sp³-hybridized carbons (Fsp3) is 0.900. The standard InChI is InChI=1S/C40H62O29/c1-12-29(61-13(2)41)22(45)17(7-56-12)64-38-28(51)31(63-15(4)43)20(11-59-38)67-36-25(48)21(44)16(8-57-36)66-40-33(68-39-26(49)24(47)32(55-6)34(69-39)35(52)53)23(46)18(9-60-40)65-37-27(50)30(62-14(3)42)19(54-5)10-58-37/h12,16-34,36-40,44-51H,7-11H2,1-6H3,(H,52,53). The minimum absolute atomic E-state index is 0.200. The number of carbonyl (C=O) groups is 4. The maximum atomic E-state index is 12.2. The molecule has 6 saturated heterocycles. The molecule has 0 aromatic carbocycles. The highest BCUT2D eigenvalue weighted by molar-refractivity contribution is 5.73. The molecule has 25 atom stereocenters. The number of esters is 3. The number of carboxylic acid groups (broad SMARTS) is 1. The highest BCUT2D eigenvalue weighted by atomic mass is 16.8. The number of hydrogen-bond donors (Lipinski definition) is 9. The molecule has 69 heavy (non-hydrogen) atoms. The van der Waals surface area contributed by atoms with Gasteiger partial charge in [-0.1, -0.05) is 0 Å². The Morgan fingerprint density at radius 3 is 1.33 bits per heavy atom. The predicted molar refractivity (Wildman–Crippen MR) is 211 cm³/mol. The van der Waals surface area contributed by atoms with E-state index in [-0.39, 0.29) is 13.2 Å². The Hall–Kier alpha value is -2.96.